The van der Waals surface area contributed by atoms with Crippen LogP contribution in [0.15, 0.2) is 42.9 Å². The van der Waals surface area contributed by atoms with Gasteiger partial charge in [0.15, 0.2) is 0 Å². The monoisotopic (exact) mass is 169 g/mol. The van der Waals surface area contributed by atoms with Crippen molar-refractivity contribution in [1.82, 2.24) is 9.97 Å². The molecule has 0 saturated carbocycles. The predicted octanol–water partition coefficient (Wildman–Crippen LogP) is 1.87. The largest absolute Gasteiger partial charge is 0.265 e. The molecule has 0 aromatic carbocycles. The van der Waals surface area contributed by atoms with Gasteiger partial charge in [-0.2, -0.15) is 0 Å². The zero-order chi connectivity index (χ0) is 8.93. The third kappa shape index (κ3) is 2.12. The van der Waals surface area contributed by atoms with E-state index in [2.05, 4.69) is 16.2 Å². The van der Waals surface area contributed by atoms with Gasteiger partial charge in [-0.05, 0) is 35.7 Å². The minimum absolute atomic E-state index is 0.871. The molecule has 2 aromatic heterocycles. The number of hydrogen-bond donors (Lipinski definition) is 0. The first-order chi connectivity index (χ1) is 6.45. The Labute approximate surface area is 77.3 Å². The van der Waals surface area contributed by atoms with E-state index in [1.165, 1.54) is 5.56 Å². The summed E-state index contributed by atoms with van der Waals surface area (Å²) in [5.74, 6) is 0. The van der Waals surface area contributed by atoms with E-state index in [0.29, 0.717) is 0 Å². The maximum Gasteiger partial charge on any atom is 0.0924 e. The molecule has 2 heterocycles. The summed E-state index contributed by atoms with van der Waals surface area (Å²) < 4.78 is 0. The van der Waals surface area contributed by atoms with Gasteiger partial charge < -0.3 is 0 Å². The van der Waals surface area contributed by atoms with Gasteiger partial charge in [0.2, 0.25) is 0 Å². The van der Waals surface area contributed by atoms with Gasteiger partial charge in [-0.3, -0.25) is 9.97 Å². The van der Waals surface area contributed by atoms with Crippen LogP contribution in [0.1, 0.15) is 11.1 Å². The van der Waals surface area contributed by atoms with Crippen molar-refractivity contribution >= 4 is 0 Å². The Morgan fingerprint density at radius 1 is 1.08 bits per heavy atom. The molecular weight excluding hydrogens is 160 g/mol. The average Bonchev–Trinajstić information content (AvgIpc) is 2.21. The highest BCUT2D eigenvalue weighted by Crippen LogP contribution is 2.05. The van der Waals surface area contributed by atoms with Crippen molar-refractivity contribution in [3.05, 3.63) is 60.2 Å². The van der Waals surface area contributed by atoms with Crippen LogP contribution in [-0.4, -0.2) is 9.97 Å². The first kappa shape index (κ1) is 7.92. The van der Waals surface area contributed by atoms with Gasteiger partial charge in [-0.25, -0.2) is 0 Å². The number of hydrogen-bond acceptors (Lipinski definition) is 2. The molecule has 0 bridgehead atoms. The van der Waals surface area contributed by atoms with Gasteiger partial charge in [-0.15, -0.1) is 0 Å². The van der Waals surface area contributed by atoms with E-state index in [4.69, 9.17) is 0 Å². The second-order valence-corrected chi connectivity index (χ2v) is 2.81. The Morgan fingerprint density at radius 2 is 1.92 bits per heavy atom. The Bertz CT molecular complexity index is 319. The van der Waals surface area contributed by atoms with Gasteiger partial charge in [-0.1, -0.05) is 6.07 Å². The molecule has 2 nitrogen and oxygen atoms in total. The third-order valence-corrected chi connectivity index (χ3v) is 1.81. The van der Waals surface area contributed by atoms with Crippen molar-refractivity contribution in [1.29, 1.82) is 0 Å². The zero-order valence-electron chi connectivity index (χ0n) is 7.14. The lowest BCUT2D eigenvalue weighted by Crippen LogP contribution is -1.88. The Morgan fingerprint density at radius 3 is 2.62 bits per heavy atom. The smallest absolute Gasteiger partial charge is 0.0924 e. The van der Waals surface area contributed by atoms with Gasteiger partial charge >= 0.3 is 0 Å². The normalized spacial score (nSPS) is 9.85. The van der Waals surface area contributed by atoms with Gasteiger partial charge in [0, 0.05) is 18.6 Å². The number of pyridine rings is 2. The SMILES string of the molecule is [c]1ncccc1Cc1ccncc1. The third-order valence-electron chi connectivity index (χ3n) is 1.81. The zero-order valence-corrected chi connectivity index (χ0v) is 7.14. The second kappa shape index (κ2) is 3.81. The van der Waals surface area contributed by atoms with Crippen molar-refractivity contribution < 1.29 is 0 Å². The molecule has 2 rings (SSSR count). The molecule has 0 aliphatic rings. The fraction of sp³-hybridized carbons (Fsp3) is 0.0909. The van der Waals surface area contributed by atoms with Crippen molar-refractivity contribution in [2.45, 2.75) is 6.42 Å². The number of aromatic nitrogens is 2. The topological polar surface area (TPSA) is 25.8 Å². The molecule has 2 heteroatoms. The average molecular weight is 169 g/mol. The summed E-state index contributed by atoms with van der Waals surface area (Å²) in [6.07, 6.45) is 9.14. The summed E-state index contributed by atoms with van der Waals surface area (Å²) in [6, 6.07) is 7.95. The molecule has 63 valence electrons. The molecule has 0 saturated heterocycles. The van der Waals surface area contributed by atoms with E-state index in [0.717, 1.165) is 12.0 Å². The molecule has 0 N–H and O–H groups in total. The standard InChI is InChI=1S/C11H9N2/c1-2-11(9-13-5-1)8-10-3-6-12-7-4-10/h1-7H,8H2. The molecule has 0 atom stereocenters. The van der Waals surface area contributed by atoms with Gasteiger partial charge in [0.25, 0.3) is 0 Å². The molecule has 0 amide bonds. The Kier molecular flexibility index (Phi) is 2.32. The van der Waals surface area contributed by atoms with Crippen LogP contribution < -0.4 is 0 Å². The molecular formula is C11H9N2. The molecule has 2 aromatic rings. The molecule has 0 spiro atoms. The van der Waals surface area contributed by atoms with Crippen LogP contribution in [0, 0.1) is 6.20 Å². The van der Waals surface area contributed by atoms with E-state index < -0.39 is 0 Å². The van der Waals surface area contributed by atoms with Crippen LogP contribution in [0.3, 0.4) is 0 Å². The second-order valence-electron chi connectivity index (χ2n) is 2.81. The first-order valence-corrected chi connectivity index (χ1v) is 4.15. The van der Waals surface area contributed by atoms with Gasteiger partial charge in [0.05, 0.1) is 6.20 Å². The van der Waals surface area contributed by atoms with Crippen molar-refractivity contribution in [3.8, 4) is 0 Å². The molecule has 0 aliphatic carbocycles. The molecule has 13 heavy (non-hydrogen) atoms. The van der Waals surface area contributed by atoms with Gasteiger partial charge in [0.1, 0.15) is 0 Å². The van der Waals surface area contributed by atoms with E-state index in [-0.39, 0.29) is 0 Å². The van der Waals surface area contributed by atoms with Crippen molar-refractivity contribution in [2.24, 2.45) is 0 Å². The van der Waals surface area contributed by atoms with E-state index in [1.54, 1.807) is 18.6 Å². The molecule has 1 radical (unpaired) electrons. The fourth-order valence-electron chi connectivity index (χ4n) is 1.18. The van der Waals surface area contributed by atoms with E-state index in [1.807, 2.05) is 24.3 Å². The van der Waals surface area contributed by atoms with Crippen LogP contribution >= 0.6 is 0 Å². The van der Waals surface area contributed by atoms with Crippen molar-refractivity contribution in [3.63, 3.8) is 0 Å². The summed E-state index contributed by atoms with van der Waals surface area (Å²) in [5.41, 5.74) is 2.34. The molecule has 0 fully saturated rings. The lowest BCUT2D eigenvalue weighted by atomic mass is 10.1. The van der Waals surface area contributed by atoms with Crippen LogP contribution in [0.25, 0.3) is 0 Å². The maximum absolute atomic E-state index is 3.96. The lowest BCUT2D eigenvalue weighted by Gasteiger charge is -1.98. The number of rotatable bonds is 2. The Hall–Kier alpha value is -1.70. The van der Waals surface area contributed by atoms with Crippen LogP contribution in [0.4, 0.5) is 0 Å². The minimum atomic E-state index is 0.871. The van der Waals surface area contributed by atoms with Crippen LogP contribution in [-0.2, 0) is 6.42 Å². The van der Waals surface area contributed by atoms with Crippen molar-refractivity contribution in [2.75, 3.05) is 0 Å². The summed E-state index contributed by atoms with van der Waals surface area (Å²) in [7, 11) is 0. The molecule has 0 unspecified atom stereocenters. The highest BCUT2D eigenvalue weighted by Gasteiger charge is 1.94. The summed E-state index contributed by atoms with van der Waals surface area (Å²) in [6.45, 7) is 0. The van der Waals surface area contributed by atoms with Crippen LogP contribution in [0.2, 0.25) is 0 Å². The fourth-order valence-corrected chi connectivity index (χ4v) is 1.18. The summed E-state index contributed by atoms with van der Waals surface area (Å²) >= 11 is 0. The molecule has 0 aliphatic heterocycles. The first-order valence-electron chi connectivity index (χ1n) is 4.15. The Balaban J connectivity index is 2.16. The quantitative estimate of drug-likeness (QED) is 0.685. The predicted molar refractivity (Wildman–Crippen MR) is 50.1 cm³/mol. The number of nitrogens with zero attached hydrogens (tertiary/aromatic N) is 2. The highest BCUT2D eigenvalue weighted by atomic mass is 14.6. The summed E-state index contributed by atoms with van der Waals surface area (Å²) in [4.78, 5) is 7.90. The van der Waals surface area contributed by atoms with Crippen LogP contribution in [0.5, 0.6) is 0 Å². The van der Waals surface area contributed by atoms with E-state index >= 15 is 0 Å². The lowest BCUT2D eigenvalue weighted by molar-refractivity contribution is 1.12. The maximum atomic E-state index is 3.96. The minimum Gasteiger partial charge on any atom is -0.265 e. The summed E-state index contributed by atoms with van der Waals surface area (Å²) in [5, 5.41) is 0. The highest BCUT2D eigenvalue weighted by molar-refractivity contribution is 5.20. The van der Waals surface area contributed by atoms with E-state index in [9.17, 15) is 0 Å².